The van der Waals surface area contributed by atoms with Crippen LogP contribution >= 0.6 is 11.6 Å². The third-order valence-electron chi connectivity index (χ3n) is 4.46. The van der Waals surface area contributed by atoms with Gasteiger partial charge in [0.1, 0.15) is 5.69 Å². The van der Waals surface area contributed by atoms with E-state index in [1.165, 1.54) is 4.90 Å². The monoisotopic (exact) mass is 328 g/mol. The first kappa shape index (κ1) is 16.8. The summed E-state index contributed by atoms with van der Waals surface area (Å²) < 4.78 is 1.63. The van der Waals surface area contributed by atoms with E-state index in [1.807, 2.05) is 6.92 Å². The molecule has 7 heteroatoms. The number of carbonyl (C=O) groups excluding carboxylic acids is 1. The Morgan fingerprint density at radius 2 is 2.18 bits per heavy atom. The van der Waals surface area contributed by atoms with Crippen molar-refractivity contribution >= 4 is 23.5 Å². The minimum Gasteiger partial charge on any atom is -0.481 e. The lowest BCUT2D eigenvalue weighted by Crippen LogP contribution is -2.56. The Hall–Kier alpha value is -1.53. The first-order valence-corrected chi connectivity index (χ1v) is 7.72. The van der Waals surface area contributed by atoms with E-state index in [0.717, 1.165) is 0 Å². The molecular formula is C15H21ClN2O4. The molecule has 6 nitrogen and oxygen atoms in total. The SMILES string of the molecule is CCC[C@]1(C(=O)O)CCN(C(=O)c2cc(Cl)cn2C)C[C@@H]1O. The maximum Gasteiger partial charge on any atom is 0.312 e. The number of piperidine rings is 1. The van der Waals surface area contributed by atoms with Crippen molar-refractivity contribution in [2.24, 2.45) is 12.5 Å². The number of halogens is 1. The molecule has 1 amide bonds. The van der Waals surface area contributed by atoms with Crippen LogP contribution < -0.4 is 0 Å². The Morgan fingerprint density at radius 3 is 2.64 bits per heavy atom. The molecule has 2 heterocycles. The molecule has 1 aromatic rings. The van der Waals surface area contributed by atoms with Crippen LogP contribution in [0.25, 0.3) is 0 Å². The van der Waals surface area contributed by atoms with Gasteiger partial charge in [0.25, 0.3) is 5.91 Å². The number of carboxylic acid groups (broad SMARTS) is 1. The Morgan fingerprint density at radius 1 is 1.50 bits per heavy atom. The Kier molecular flexibility index (Phi) is 4.82. The van der Waals surface area contributed by atoms with Crippen molar-refractivity contribution in [3.8, 4) is 0 Å². The maximum absolute atomic E-state index is 12.5. The fourth-order valence-corrected chi connectivity index (χ4v) is 3.40. The first-order valence-electron chi connectivity index (χ1n) is 7.34. The van der Waals surface area contributed by atoms with Crippen LogP contribution in [0.1, 0.15) is 36.7 Å². The van der Waals surface area contributed by atoms with Crippen molar-refractivity contribution in [2.75, 3.05) is 13.1 Å². The second-order valence-corrected chi connectivity index (χ2v) is 6.32. The summed E-state index contributed by atoms with van der Waals surface area (Å²) in [5, 5.41) is 20.3. The van der Waals surface area contributed by atoms with Crippen LogP contribution in [-0.4, -0.2) is 50.8 Å². The van der Waals surface area contributed by atoms with E-state index in [1.54, 1.807) is 23.9 Å². The van der Waals surface area contributed by atoms with Crippen LogP contribution in [0.2, 0.25) is 5.02 Å². The molecule has 0 spiro atoms. The number of nitrogens with zero attached hydrogens (tertiary/aromatic N) is 2. The topological polar surface area (TPSA) is 82.8 Å². The van der Waals surface area contributed by atoms with E-state index in [-0.39, 0.29) is 18.9 Å². The minimum absolute atomic E-state index is 0.0218. The van der Waals surface area contributed by atoms with Gasteiger partial charge in [-0.25, -0.2) is 0 Å². The number of amides is 1. The minimum atomic E-state index is -1.16. The van der Waals surface area contributed by atoms with Crippen LogP contribution in [0.3, 0.4) is 0 Å². The van der Waals surface area contributed by atoms with Gasteiger partial charge in [0, 0.05) is 26.3 Å². The molecule has 1 aliphatic heterocycles. The van der Waals surface area contributed by atoms with Crippen LogP contribution in [0, 0.1) is 5.41 Å². The molecule has 0 saturated carbocycles. The van der Waals surface area contributed by atoms with Crippen molar-refractivity contribution in [1.82, 2.24) is 9.47 Å². The number of likely N-dealkylation sites (tertiary alicyclic amines) is 1. The zero-order valence-corrected chi connectivity index (χ0v) is 13.5. The van der Waals surface area contributed by atoms with Crippen molar-refractivity contribution in [2.45, 2.75) is 32.3 Å². The Balaban J connectivity index is 2.17. The maximum atomic E-state index is 12.5. The number of hydrogen-bond acceptors (Lipinski definition) is 3. The third-order valence-corrected chi connectivity index (χ3v) is 4.67. The summed E-state index contributed by atoms with van der Waals surface area (Å²) in [6, 6.07) is 1.57. The van der Waals surface area contributed by atoms with Crippen molar-refractivity contribution in [3.63, 3.8) is 0 Å². The van der Waals surface area contributed by atoms with E-state index >= 15 is 0 Å². The van der Waals surface area contributed by atoms with Gasteiger partial charge in [-0.2, -0.15) is 0 Å². The highest BCUT2D eigenvalue weighted by atomic mass is 35.5. The molecule has 2 atom stereocenters. The van der Waals surface area contributed by atoms with Gasteiger partial charge in [-0.05, 0) is 18.9 Å². The number of rotatable bonds is 4. The summed E-state index contributed by atoms with van der Waals surface area (Å²) in [5.41, 5.74) is -0.729. The molecule has 0 bridgehead atoms. The van der Waals surface area contributed by atoms with E-state index in [4.69, 9.17) is 11.6 Å². The molecule has 1 fully saturated rings. The van der Waals surface area contributed by atoms with E-state index in [9.17, 15) is 19.8 Å². The zero-order valence-electron chi connectivity index (χ0n) is 12.8. The van der Waals surface area contributed by atoms with Gasteiger partial charge in [0.15, 0.2) is 0 Å². The average molecular weight is 329 g/mol. The van der Waals surface area contributed by atoms with Crippen molar-refractivity contribution in [1.29, 1.82) is 0 Å². The molecular weight excluding hydrogens is 308 g/mol. The Bertz CT molecular complexity index is 586. The predicted molar refractivity (Wildman–Crippen MR) is 81.9 cm³/mol. The fraction of sp³-hybridized carbons (Fsp3) is 0.600. The summed E-state index contributed by atoms with van der Waals surface area (Å²) in [4.78, 5) is 25.6. The smallest absolute Gasteiger partial charge is 0.312 e. The van der Waals surface area contributed by atoms with Gasteiger partial charge < -0.3 is 19.7 Å². The molecule has 0 aliphatic carbocycles. The summed E-state index contributed by atoms with van der Waals surface area (Å²) in [6.07, 6.45) is 1.89. The van der Waals surface area contributed by atoms with Crippen molar-refractivity contribution < 1.29 is 19.8 Å². The van der Waals surface area contributed by atoms with E-state index < -0.39 is 17.5 Å². The molecule has 0 aromatic carbocycles. The second-order valence-electron chi connectivity index (χ2n) is 5.88. The van der Waals surface area contributed by atoms with E-state index in [2.05, 4.69) is 0 Å². The third kappa shape index (κ3) is 2.85. The lowest BCUT2D eigenvalue weighted by molar-refractivity contribution is -0.162. The lowest BCUT2D eigenvalue weighted by atomic mass is 9.73. The predicted octanol–water partition coefficient (Wildman–Crippen LogP) is 1.76. The number of aliphatic hydroxyl groups is 1. The van der Waals surface area contributed by atoms with Gasteiger partial charge in [0.05, 0.1) is 16.5 Å². The second kappa shape index (κ2) is 6.30. The van der Waals surface area contributed by atoms with Crippen molar-refractivity contribution in [3.05, 3.63) is 23.0 Å². The Labute approximate surface area is 134 Å². The van der Waals surface area contributed by atoms with Gasteiger partial charge in [-0.3, -0.25) is 9.59 Å². The summed E-state index contributed by atoms with van der Waals surface area (Å²) in [5.74, 6) is -1.24. The highest BCUT2D eigenvalue weighted by Gasteiger charge is 2.48. The summed E-state index contributed by atoms with van der Waals surface area (Å²) >= 11 is 5.89. The molecule has 2 N–H and O–H groups in total. The van der Waals surface area contributed by atoms with Gasteiger partial charge in [0.2, 0.25) is 0 Å². The molecule has 0 radical (unpaired) electrons. The molecule has 22 heavy (non-hydrogen) atoms. The van der Waals surface area contributed by atoms with Gasteiger partial charge in [-0.15, -0.1) is 0 Å². The molecule has 0 unspecified atom stereocenters. The molecule has 1 saturated heterocycles. The lowest BCUT2D eigenvalue weighted by Gasteiger charge is -2.42. The summed E-state index contributed by atoms with van der Waals surface area (Å²) in [6.45, 7) is 2.22. The first-order chi connectivity index (χ1) is 10.3. The number of aliphatic hydroxyl groups excluding tert-OH is 1. The average Bonchev–Trinajstić information content (AvgIpc) is 2.79. The molecule has 1 aromatic heterocycles. The fourth-order valence-electron chi connectivity index (χ4n) is 3.15. The molecule has 1 aliphatic rings. The number of hydrogen-bond donors (Lipinski definition) is 2. The van der Waals surface area contributed by atoms with Gasteiger partial charge in [-0.1, -0.05) is 24.9 Å². The largest absolute Gasteiger partial charge is 0.481 e. The molecule has 2 rings (SSSR count). The van der Waals surface area contributed by atoms with Crippen LogP contribution in [0.5, 0.6) is 0 Å². The number of β-amino-alcohol motifs (C(OH)–C–C–N with tert-alkyl or cyclic N) is 1. The molecule has 122 valence electrons. The summed E-state index contributed by atoms with van der Waals surface area (Å²) in [7, 11) is 1.72. The highest BCUT2D eigenvalue weighted by Crippen LogP contribution is 2.37. The quantitative estimate of drug-likeness (QED) is 0.882. The zero-order chi connectivity index (χ0) is 16.5. The number of aromatic nitrogens is 1. The normalized spacial score (nSPS) is 25.3. The van der Waals surface area contributed by atoms with Crippen LogP contribution in [0.15, 0.2) is 12.3 Å². The highest BCUT2D eigenvalue weighted by molar-refractivity contribution is 6.31. The van der Waals surface area contributed by atoms with Crippen LogP contribution in [0.4, 0.5) is 0 Å². The number of carboxylic acids is 1. The van der Waals surface area contributed by atoms with Crippen LogP contribution in [-0.2, 0) is 11.8 Å². The number of aryl methyl sites for hydroxylation is 1. The van der Waals surface area contributed by atoms with E-state index in [0.29, 0.717) is 30.1 Å². The van der Waals surface area contributed by atoms with Gasteiger partial charge >= 0.3 is 5.97 Å². The standard InChI is InChI=1S/C15H21ClN2O4/c1-3-4-15(14(21)22)5-6-18(9-12(15)19)13(20)11-7-10(16)8-17(11)2/h7-8,12,19H,3-6,9H2,1-2H3,(H,21,22)/t12-,15-/m0/s1. The number of carbonyl (C=O) groups is 2. The number of aliphatic carboxylic acids is 1.